The van der Waals surface area contributed by atoms with Gasteiger partial charge < -0.3 is 0 Å². The fourth-order valence-electron chi connectivity index (χ4n) is 7.86. The van der Waals surface area contributed by atoms with Crippen LogP contribution in [-0.2, 0) is 0 Å². The highest BCUT2D eigenvalue weighted by molar-refractivity contribution is 6.25. The Balaban J connectivity index is 1.22. The van der Waals surface area contributed by atoms with Crippen LogP contribution in [0.3, 0.4) is 0 Å². The molecule has 2 unspecified atom stereocenters. The molecule has 0 N–H and O–H groups in total. The number of hydrogen-bond donors (Lipinski definition) is 0. The first kappa shape index (κ1) is 29.1. The lowest BCUT2D eigenvalue weighted by atomic mass is 9.73. The number of aromatic nitrogens is 2. The molecule has 0 radical (unpaired) electrons. The highest BCUT2D eigenvalue weighted by Gasteiger charge is 2.28. The Kier molecular flexibility index (Phi) is 7.21. The average molecular weight is 627 g/mol. The predicted molar refractivity (Wildman–Crippen MR) is 206 cm³/mol. The number of pyridine rings is 2. The Bertz CT molecular complexity index is 2470. The van der Waals surface area contributed by atoms with Crippen molar-refractivity contribution in [1.29, 1.82) is 0 Å². The van der Waals surface area contributed by atoms with Crippen LogP contribution in [0.4, 0.5) is 0 Å². The maximum Gasteiger partial charge on any atom is 0.0346 e. The molecule has 6 aromatic carbocycles. The molecule has 2 aromatic heterocycles. The van der Waals surface area contributed by atoms with E-state index in [1.54, 1.807) is 0 Å². The number of rotatable bonds is 5. The van der Waals surface area contributed by atoms with Gasteiger partial charge in [0.15, 0.2) is 0 Å². The molecule has 49 heavy (non-hydrogen) atoms. The molecule has 1 aliphatic rings. The van der Waals surface area contributed by atoms with Gasteiger partial charge in [0.25, 0.3) is 0 Å². The van der Waals surface area contributed by atoms with Crippen LogP contribution >= 0.6 is 0 Å². The van der Waals surface area contributed by atoms with E-state index in [4.69, 9.17) is 0 Å². The maximum atomic E-state index is 4.44. The third kappa shape index (κ3) is 5.14. The highest BCUT2D eigenvalue weighted by Crippen LogP contribution is 2.47. The molecular weight excluding hydrogens is 593 g/mol. The molecule has 0 amide bonds. The summed E-state index contributed by atoms with van der Waals surface area (Å²) in [5, 5.41) is 7.79. The predicted octanol–water partition coefficient (Wildman–Crippen LogP) is 12.3. The molecule has 0 fully saturated rings. The Morgan fingerprint density at radius 2 is 1.00 bits per heavy atom. The lowest BCUT2D eigenvalue weighted by Crippen LogP contribution is -2.14. The van der Waals surface area contributed by atoms with E-state index in [2.05, 4.69) is 156 Å². The summed E-state index contributed by atoms with van der Waals surface area (Å²) in [6, 6.07) is 48.9. The molecular formula is C47H34N2. The van der Waals surface area contributed by atoms with Crippen LogP contribution in [0.25, 0.3) is 71.3 Å². The number of allylic oxidation sites excluding steroid dienone is 4. The Hall–Kier alpha value is -6.12. The third-order valence-electron chi connectivity index (χ3n) is 10.2. The summed E-state index contributed by atoms with van der Waals surface area (Å²) in [6.45, 7) is 2.35. The summed E-state index contributed by atoms with van der Waals surface area (Å²) in [5.74, 6) is 0.485. The van der Waals surface area contributed by atoms with Gasteiger partial charge in [0, 0.05) is 41.8 Å². The van der Waals surface area contributed by atoms with Crippen molar-refractivity contribution >= 4 is 37.9 Å². The zero-order valence-electron chi connectivity index (χ0n) is 27.3. The van der Waals surface area contributed by atoms with E-state index in [-0.39, 0.29) is 5.92 Å². The van der Waals surface area contributed by atoms with Crippen molar-refractivity contribution in [2.24, 2.45) is 5.92 Å². The van der Waals surface area contributed by atoms with Gasteiger partial charge in [0.2, 0.25) is 0 Å². The molecule has 8 aromatic rings. The van der Waals surface area contributed by atoms with Gasteiger partial charge in [0.1, 0.15) is 0 Å². The highest BCUT2D eigenvalue weighted by atomic mass is 14.6. The standard InChI is InChI=1S/C47H34N2/c1-31-11-8-20-39(32-21-22-44-42-17-4-3-15-40(42)41-16-5-6-18-43(41)46(44)28-32)47(31)45-19-7-2-14-38(45)37-26-35(33-12-9-23-48-29-33)25-36(27-37)34-13-10-24-49-30-34/h2-31,47H,1H3. The summed E-state index contributed by atoms with van der Waals surface area (Å²) in [6.07, 6.45) is 14.5. The van der Waals surface area contributed by atoms with Crippen LogP contribution in [-0.4, -0.2) is 9.97 Å². The number of benzene rings is 6. The molecule has 0 spiro atoms. The molecule has 0 aliphatic heterocycles. The normalized spacial score (nSPS) is 15.9. The van der Waals surface area contributed by atoms with E-state index < -0.39 is 0 Å². The topological polar surface area (TPSA) is 25.8 Å². The van der Waals surface area contributed by atoms with Crippen LogP contribution < -0.4 is 0 Å². The minimum atomic E-state index is 0.175. The number of hydrogen-bond acceptors (Lipinski definition) is 2. The second-order valence-corrected chi connectivity index (χ2v) is 13.1. The third-order valence-corrected chi connectivity index (χ3v) is 10.2. The van der Waals surface area contributed by atoms with Gasteiger partial charge in [-0.15, -0.1) is 0 Å². The van der Waals surface area contributed by atoms with Crippen LogP contribution in [0.2, 0.25) is 0 Å². The van der Waals surface area contributed by atoms with Crippen molar-refractivity contribution in [3.05, 3.63) is 188 Å². The smallest absolute Gasteiger partial charge is 0.0346 e. The molecule has 9 rings (SSSR count). The van der Waals surface area contributed by atoms with Gasteiger partial charge in [-0.3, -0.25) is 9.97 Å². The number of nitrogens with zero attached hydrogens (tertiary/aromatic N) is 2. The quantitative estimate of drug-likeness (QED) is 0.178. The molecule has 0 bridgehead atoms. The van der Waals surface area contributed by atoms with Crippen molar-refractivity contribution in [2.45, 2.75) is 12.8 Å². The molecule has 2 nitrogen and oxygen atoms in total. The Morgan fingerprint density at radius 1 is 0.449 bits per heavy atom. The summed E-state index contributed by atoms with van der Waals surface area (Å²) < 4.78 is 0. The second-order valence-electron chi connectivity index (χ2n) is 13.1. The lowest BCUT2D eigenvalue weighted by Gasteiger charge is -2.30. The lowest BCUT2D eigenvalue weighted by molar-refractivity contribution is 0.651. The van der Waals surface area contributed by atoms with Crippen molar-refractivity contribution in [3.63, 3.8) is 0 Å². The summed E-state index contributed by atoms with van der Waals surface area (Å²) in [7, 11) is 0. The maximum absolute atomic E-state index is 4.44. The fourth-order valence-corrected chi connectivity index (χ4v) is 7.86. The van der Waals surface area contributed by atoms with Gasteiger partial charge in [-0.2, -0.15) is 0 Å². The van der Waals surface area contributed by atoms with E-state index >= 15 is 0 Å². The van der Waals surface area contributed by atoms with E-state index in [0.29, 0.717) is 5.92 Å². The second kappa shape index (κ2) is 12.2. The van der Waals surface area contributed by atoms with E-state index in [1.165, 1.54) is 60.1 Å². The monoisotopic (exact) mass is 626 g/mol. The van der Waals surface area contributed by atoms with Crippen LogP contribution in [0.1, 0.15) is 24.0 Å². The Labute approximate surface area is 286 Å². The van der Waals surface area contributed by atoms with E-state index in [9.17, 15) is 0 Å². The fraction of sp³-hybridized carbons (Fsp3) is 0.0638. The zero-order valence-corrected chi connectivity index (χ0v) is 27.3. The van der Waals surface area contributed by atoms with Crippen LogP contribution in [0.15, 0.2) is 176 Å². The minimum Gasteiger partial charge on any atom is -0.264 e. The SMILES string of the molecule is CC1C=CC=C(c2ccc3c4ccccc4c4ccccc4c3c2)C1c1ccccc1-c1cc(-c2cccnc2)cc(-c2cccnc2)c1. The first-order chi connectivity index (χ1) is 24.2. The molecule has 2 heteroatoms. The summed E-state index contributed by atoms with van der Waals surface area (Å²) in [5.41, 5.74) is 10.8. The van der Waals surface area contributed by atoms with Crippen LogP contribution in [0.5, 0.6) is 0 Å². The summed E-state index contributed by atoms with van der Waals surface area (Å²) in [4.78, 5) is 8.88. The van der Waals surface area contributed by atoms with Gasteiger partial charge in [0.05, 0.1) is 0 Å². The van der Waals surface area contributed by atoms with Gasteiger partial charge in [-0.1, -0.05) is 122 Å². The molecule has 1 aliphatic carbocycles. The zero-order chi connectivity index (χ0) is 32.7. The van der Waals surface area contributed by atoms with Crippen molar-refractivity contribution < 1.29 is 0 Å². The molecule has 232 valence electrons. The first-order valence-electron chi connectivity index (χ1n) is 17.0. The molecule has 2 atom stereocenters. The van der Waals surface area contributed by atoms with E-state index in [1.807, 2.05) is 36.9 Å². The van der Waals surface area contributed by atoms with E-state index in [0.717, 1.165) is 22.3 Å². The molecule has 2 heterocycles. The van der Waals surface area contributed by atoms with Crippen molar-refractivity contribution in [1.82, 2.24) is 9.97 Å². The van der Waals surface area contributed by atoms with Gasteiger partial charge >= 0.3 is 0 Å². The van der Waals surface area contributed by atoms with Gasteiger partial charge in [-0.05, 0) is 114 Å². The first-order valence-corrected chi connectivity index (χ1v) is 17.0. The van der Waals surface area contributed by atoms with Gasteiger partial charge in [-0.25, -0.2) is 0 Å². The molecule has 0 saturated heterocycles. The van der Waals surface area contributed by atoms with Crippen molar-refractivity contribution in [3.8, 4) is 33.4 Å². The summed E-state index contributed by atoms with van der Waals surface area (Å²) >= 11 is 0. The minimum absolute atomic E-state index is 0.175. The largest absolute Gasteiger partial charge is 0.264 e. The average Bonchev–Trinajstić information content (AvgIpc) is 3.18. The van der Waals surface area contributed by atoms with Crippen molar-refractivity contribution in [2.75, 3.05) is 0 Å². The molecule has 0 saturated carbocycles. The number of fused-ring (bicyclic) bond motifs is 6. The van der Waals surface area contributed by atoms with Crippen LogP contribution in [0, 0.1) is 5.92 Å². The Morgan fingerprint density at radius 3 is 1.61 bits per heavy atom.